The maximum Gasteiger partial charge on any atom is 0.191 e. The Balaban J connectivity index is 1.45. The molecule has 0 spiro atoms. The number of guanidine groups is 1. The number of nitrogens with zero attached hydrogens (tertiary/aromatic N) is 3. The summed E-state index contributed by atoms with van der Waals surface area (Å²) in [5.41, 5.74) is 3.28. The van der Waals surface area contributed by atoms with Crippen molar-refractivity contribution in [3.8, 4) is 0 Å². The Hall–Kier alpha value is -2.34. The molecular weight excluding hydrogens is 378 g/mol. The van der Waals surface area contributed by atoms with Gasteiger partial charge in [-0.3, -0.25) is 4.99 Å². The van der Waals surface area contributed by atoms with Crippen LogP contribution in [0.2, 0.25) is 0 Å². The summed E-state index contributed by atoms with van der Waals surface area (Å²) in [5, 5.41) is 6.66. The van der Waals surface area contributed by atoms with Gasteiger partial charge in [-0.25, -0.2) is 4.98 Å². The highest BCUT2D eigenvalue weighted by Crippen LogP contribution is 2.12. The van der Waals surface area contributed by atoms with Crippen LogP contribution in [0.1, 0.15) is 17.7 Å². The van der Waals surface area contributed by atoms with Gasteiger partial charge in [-0.2, -0.15) is 0 Å². The molecule has 2 heterocycles. The van der Waals surface area contributed by atoms with E-state index in [0.29, 0.717) is 6.54 Å². The average molecular weight is 400 g/mol. The molecule has 3 rings (SSSR count). The molecule has 0 aliphatic rings. The highest BCUT2D eigenvalue weighted by Gasteiger charge is 2.03. The van der Waals surface area contributed by atoms with Crippen LogP contribution < -0.4 is 10.6 Å². The first-order chi connectivity index (χ1) is 12.2. The minimum absolute atomic E-state index is 0.637. The van der Waals surface area contributed by atoms with E-state index in [2.05, 4.69) is 60.8 Å². The molecule has 2 aromatic heterocycles. The minimum Gasteiger partial charge on any atom is -0.356 e. The molecule has 0 atom stereocenters. The largest absolute Gasteiger partial charge is 0.356 e. The fraction of sp³-hybridized carbons (Fsp3) is 0.263. The Kier molecular flexibility index (Phi) is 6.06. The van der Waals surface area contributed by atoms with Gasteiger partial charge >= 0.3 is 0 Å². The molecule has 0 aliphatic heterocycles. The van der Waals surface area contributed by atoms with Gasteiger partial charge < -0.3 is 15.0 Å². The zero-order valence-corrected chi connectivity index (χ0v) is 15.8. The summed E-state index contributed by atoms with van der Waals surface area (Å²) in [6.07, 6.45) is 6.15. The lowest BCUT2D eigenvalue weighted by Gasteiger charge is -2.10. The lowest BCUT2D eigenvalue weighted by atomic mass is 10.1. The van der Waals surface area contributed by atoms with E-state index in [9.17, 15) is 0 Å². The van der Waals surface area contributed by atoms with E-state index in [1.807, 2.05) is 35.0 Å². The molecule has 1 aromatic carbocycles. The lowest BCUT2D eigenvalue weighted by Crippen LogP contribution is -2.37. The third kappa shape index (κ3) is 5.06. The van der Waals surface area contributed by atoms with Crippen molar-refractivity contribution < 1.29 is 0 Å². The van der Waals surface area contributed by atoms with Gasteiger partial charge in [0, 0.05) is 30.5 Å². The topological polar surface area (TPSA) is 53.7 Å². The van der Waals surface area contributed by atoms with Crippen molar-refractivity contribution in [2.45, 2.75) is 19.4 Å². The normalized spacial score (nSPS) is 11.7. The van der Waals surface area contributed by atoms with Crippen LogP contribution >= 0.6 is 15.9 Å². The molecule has 2 N–H and O–H groups in total. The van der Waals surface area contributed by atoms with Crippen LogP contribution in [0.5, 0.6) is 0 Å². The van der Waals surface area contributed by atoms with Gasteiger partial charge in [-0.15, -0.1) is 0 Å². The zero-order valence-electron chi connectivity index (χ0n) is 14.2. The Labute approximate surface area is 156 Å². The smallest absolute Gasteiger partial charge is 0.191 e. The van der Waals surface area contributed by atoms with Crippen LogP contribution in [0.25, 0.3) is 5.65 Å². The number of hydrogen-bond acceptors (Lipinski definition) is 2. The summed E-state index contributed by atoms with van der Waals surface area (Å²) in [7, 11) is 1.79. The van der Waals surface area contributed by atoms with E-state index in [4.69, 9.17) is 0 Å². The molecular formula is C19H22BrN5. The predicted octanol–water partition coefficient (Wildman–Crippen LogP) is 3.39. The molecule has 130 valence electrons. The standard InChI is InChI=1S/C19H22BrN5/c1-21-19(22-11-5-8-15-6-3-2-4-7-15)23-12-17-14-25-13-16(20)9-10-18(25)24-17/h2-4,6-7,9-10,13-14H,5,8,11-12H2,1H3,(H2,21,22,23). The molecule has 0 aliphatic carbocycles. The Bertz CT molecular complexity index is 841. The third-order valence-corrected chi connectivity index (χ3v) is 4.37. The van der Waals surface area contributed by atoms with Crippen molar-refractivity contribution in [1.29, 1.82) is 0 Å². The second kappa shape index (κ2) is 8.67. The number of imidazole rings is 1. The van der Waals surface area contributed by atoms with Gasteiger partial charge in [0.1, 0.15) is 5.65 Å². The summed E-state index contributed by atoms with van der Waals surface area (Å²) in [6.45, 7) is 1.52. The molecule has 0 unspecified atom stereocenters. The van der Waals surface area contributed by atoms with E-state index in [-0.39, 0.29) is 0 Å². The molecule has 5 nitrogen and oxygen atoms in total. The van der Waals surface area contributed by atoms with Gasteiger partial charge in [0.15, 0.2) is 5.96 Å². The van der Waals surface area contributed by atoms with E-state index in [1.165, 1.54) is 5.56 Å². The first kappa shape index (κ1) is 17.5. The molecule has 0 bridgehead atoms. The number of nitrogens with one attached hydrogen (secondary N) is 2. The van der Waals surface area contributed by atoms with Crippen molar-refractivity contribution in [3.63, 3.8) is 0 Å². The summed E-state index contributed by atoms with van der Waals surface area (Å²) in [6, 6.07) is 14.5. The molecule has 0 fully saturated rings. The third-order valence-electron chi connectivity index (χ3n) is 3.90. The van der Waals surface area contributed by atoms with Crippen molar-refractivity contribution in [1.82, 2.24) is 20.0 Å². The number of rotatable bonds is 6. The van der Waals surface area contributed by atoms with E-state index >= 15 is 0 Å². The van der Waals surface area contributed by atoms with E-state index < -0.39 is 0 Å². The Morgan fingerprint density at radius 3 is 2.76 bits per heavy atom. The highest BCUT2D eigenvalue weighted by molar-refractivity contribution is 9.10. The number of halogens is 1. The molecule has 0 saturated carbocycles. The molecule has 25 heavy (non-hydrogen) atoms. The molecule has 0 radical (unpaired) electrons. The zero-order chi connectivity index (χ0) is 17.5. The molecule has 0 saturated heterocycles. The predicted molar refractivity (Wildman–Crippen MR) is 106 cm³/mol. The minimum atomic E-state index is 0.637. The van der Waals surface area contributed by atoms with Gasteiger partial charge in [0.05, 0.1) is 12.2 Å². The summed E-state index contributed by atoms with van der Waals surface area (Å²) in [5.74, 6) is 0.797. The fourth-order valence-corrected chi connectivity index (χ4v) is 2.99. The average Bonchev–Trinajstić information content (AvgIpc) is 3.04. The number of fused-ring (bicyclic) bond motifs is 1. The molecule has 0 amide bonds. The Morgan fingerprint density at radius 2 is 1.96 bits per heavy atom. The van der Waals surface area contributed by atoms with Crippen LogP contribution in [0.3, 0.4) is 0 Å². The van der Waals surface area contributed by atoms with Crippen molar-refractivity contribution in [2.24, 2.45) is 4.99 Å². The van der Waals surface area contributed by atoms with Gasteiger partial charge in [-0.05, 0) is 46.5 Å². The number of pyridine rings is 1. The SMILES string of the molecule is CN=C(NCCCc1ccccc1)NCc1cn2cc(Br)ccc2n1. The monoisotopic (exact) mass is 399 g/mol. The van der Waals surface area contributed by atoms with Gasteiger partial charge in [-0.1, -0.05) is 30.3 Å². The van der Waals surface area contributed by atoms with Crippen LogP contribution in [0.4, 0.5) is 0 Å². The second-order valence-electron chi connectivity index (χ2n) is 5.79. The van der Waals surface area contributed by atoms with E-state index in [1.54, 1.807) is 7.05 Å². The van der Waals surface area contributed by atoms with Crippen molar-refractivity contribution >= 4 is 27.5 Å². The highest BCUT2D eigenvalue weighted by atomic mass is 79.9. The van der Waals surface area contributed by atoms with Crippen molar-refractivity contribution in [3.05, 3.63) is 70.6 Å². The summed E-state index contributed by atoms with van der Waals surface area (Å²) in [4.78, 5) is 8.86. The molecule has 3 aromatic rings. The Morgan fingerprint density at radius 1 is 1.12 bits per heavy atom. The number of hydrogen-bond donors (Lipinski definition) is 2. The van der Waals surface area contributed by atoms with Crippen LogP contribution in [0, 0.1) is 0 Å². The number of benzene rings is 1. The number of aliphatic imine (C=N–C) groups is 1. The number of aromatic nitrogens is 2. The fourth-order valence-electron chi connectivity index (χ4n) is 2.64. The number of aryl methyl sites for hydroxylation is 1. The first-order valence-corrected chi connectivity index (χ1v) is 9.15. The summed E-state index contributed by atoms with van der Waals surface area (Å²) >= 11 is 3.47. The van der Waals surface area contributed by atoms with Crippen LogP contribution in [-0.4, -0.2) is 28.9 Å². The summed E-state index contributed by atoms with van der Waals surface area (Å²) < 4.78 is 3.05. The van der Waals surface area contributed by atoms with E-state index in [0.717, 1.165) is 41.2 Å². The quantitative estimate of drug-likeness (QED) is 0.379. The second-order valence-corrected chi connectivity index (χ2v) is 6.70. The first-order valence-electron chi connectivity index (χ1n) is 8.36. The van der Waals surface area contributed by atoms with Crippen molar-refractivity contribution in [2.75, 3.05) is 13.6 Å². The van der Waals surface area contributed by atoms with Gasteiger partial charge in [0.25, 0.3) is 0 Å². The maximum atomic E-state index is 4.59. The van der Waals surface area contributed by atoms with Crippen LogP contribution in [-0.2, 0) is 13.0 Å². The lowest BCUT2D eigenvalue weighted by molar-refractivity contribution is 0.739. The molecule has 6 heteroatoms. The van der Waals surface area contributed by atoms with Crippen LogP contribution in [0.15, 0.2) is 64.3 Å². The van der Waals surface area contributed by atoms with Gasteiger partial charge in [0.2, 0.25) is 0 Å². The maximum absolute atomic E-state index is 4.59.